The first-order chi connectivity index (χ1) is 9.99. The van der Waals surface area contributed by atoms with Gasteiger partial charge in [-0.25, -0.2) is 0 Å². The monoisotopic (exact) mass is 280 g/mol. The Morgan fingerprint density at radius 3 is 2.38 bits per heavy atom. The zero-order valence-corrected chi connectivity index (χ0v) is 13.6. The highest BCUT2D eigenvalue weighted by molar-refractivity contribution is 5.80. The minimum absolute atomic E-state index is 0.457. The summed E-state index contributed by atoms with van der Waals surface area (Å²) >= 11 is 0. The molecule has 1 heterocycles. The standard InChI is InChI=1S/C19H24N2/c1-13(2)16-10-15(5)19(18(11-16)14(3)4)21-12-17-8-6-7-9-20-17/h6-14H,1-5H3. The molecule has 0 aliphatic carbocycles. The molecule has 1 aromatic heterocycles. The molecule has 0 saturated carbocycles. The van der Waals surface area contributed by atoms with E-state index in [4.69, 9.17) is 4.99 Å². The first-order valence-corrected chi connectivity index (χ1v) is 7.58. The fraction of sp³-hybridized carbons (Fsp3) is 0.368. The lowest BCUT2D eigenvalue weighted by Crippen LogP contribution is -1.97. The number of hydrogen-bond acceptors (Lipinski definition) is 2. The van der Waals surface area contributed by atoms with Crippen LogP contribution >= 0.6 is 0 Å². The second-order valence-electron chi connectivity index (χ2n) is 6.10. The van der Waals surface area contributed by atoms with Gasteiger partial charge in [0.25, 0.3) is 0 Å². The summed E-state index contributed by atoms with van der Waals surface area (Å²) in [6, 6.07) is 10.4. The first kappa shape index (κ1) is 15.4. The third kappa shape index (κ3) is 3.78. The molecule has 2 rings (SSSR count). The lowest BCUT2D eigenvalue weighted by molar-refractivity contribution is 0.831. The van der Waals surface area contributed by atoms with Gasteiger partial charge in [0.2, 0.25) is 0 Å². The highest BCUT2D eigenvalue weighted by atomic mass is 14.8. The van der Waals surface area contributed by atoms with Crippen LogP contribution in [-0.4, -0.2) is 11.2 Å². The molecule has 0 atom stereocenters. The van der Waals surface area contributed by atoms with Crippen molar-refractivity contribution in [1.29, 1.82) is 0 Å². The predicted molar refractivity (Wildman–Crippen MR) is 90.8 cm³/mol. The molecule has 0 aliphatic rings. The maximum atomic E-state index is 4.71. The van der Waals surface area contributed by atoms with Gasteiger partial charge in [0.05, 0.1) is 17.6 Å². The molecule has 0 aliphatic heterocycles. The Morgan fingerprint density at radius 2 is 1.81 bits per heavy atom. The van der Waals surface area contributed by atoms with Crippen LogP contribution in [0.25, 0.3) is 0 Å². The summed E-state index contributed by atoms with van der Waals surface area (Å²) in [6.07, 6.45) is 3.64. The van der Waals surface area contributed by atoms with Crippen LogP contribution in [0.15, 0.2) is 41.5 Å². The third-order valence-corrected chi connectivity index (χ3v) is 3.65. The van der Waals surface area contributed by atoms with E-state index in [-0.39, 0.29) is 0 Å². The highest BCUT2D eigenvalue weighted by Crippen LogP contribution is 2.33. The van der Waals surface area contributed by atoms with Gasteiger partial charge in [-0.3, -0.25) is 9.98 Å². The summed E-state index contributed by atoms with van der Waals surface area (Å²) in [5, 5.41) is 0. The SMILES string of the molecule is Cc1cc(C(C)C)cc(C(C)C)c1N=Cc1ccccn1. The van der Waals surface area contributed by atoms with Gasteiger partial charge in [0, 0.05) is 6.20 Å². The Kier molecular flexibility index (Phi) is 4.89. The van der Waals surface area contributed by atoms with Gasteiger partial charge < -0.3 is 0 Å². The summed E-state index contributed by atoms with van der Waals surface area (Å²) < 4.78 is 0. The van der Waals surface area contributed by atoms with Gasteiger partial charge in [0.15, 0.2) is 0 Å². The van der Waals surface area contributed by atoms with Crippen molar-refractivity contribution in [3.8, 4) is 0 Å². The Balaban J connectivity index is 2.45. The van der Waals surface area contributed by atoms with Crippen LogP contribution in [0, 0.1) is 6.92 Å². The first-order valence-electron chi connectivity index (χ1n) is 7.58. The van der Waals surface area contributed by atoms with Gasteiger partial charge in [-0.05, 0) is 47.6 Å². The van der Waals surface area contributed by atoms with E-state index in [1.807, 2.05) is 24.4 Å². The van der Waals surface area contributed by atoms with Crippen LogP contribution in [0.5, 0.6) is 0 Å². The van der Waals surface area contributed by atoms with Gasteiger partial charge in [-0.1, -0.05) is 45.9 Å². The molecule has 0 N–H and O–H groups in total. The molecule has 1 aromatic carbocycles. The van der Waals surface area contributed by atoms with E-state index >= 15 is 0 Å². The lowest BCUT2D eigenvalue weighted by atomic mass is 9.91. The second kappa shape index (κ2) is 6.66. The molecule has 110 valence electrons. The number of hydrogen-bond donors (Lipinski definition) is 0. The molecule has 2 heteroatoms. The van der Waals surface area contributed by atoms with Crippen molar-refractivity contribution in [3.63, 3.8) is 0 Å². The largest absolute Gasteiger partial charge is 0.255 e. The molecule has 2 aromatic rings. The summed E-state index contributed by atoms with van der Waals surface area (Å²) in [6.45, 7) is 11.0. The van der Waals surface area contributed by atoms with Gasteiger partial charge in [-0.15, -0.1) is 0 Å². The fourth-order valence-corrected chi connectivity index (χ4v) is 2.37. The number of benzene rings is 1. The number of aryl methyl sites for hydroxylation is 1. The van der Waals surface area contributed by atoms with E-state index in [1.54, 1.807) is 6.20 Å². The van der Waals surface area contributed by atoms with Crippen molar-refractivity contribution in [2.45, 2.75) is 46.5 Å². The Morgan fingerprint density at radius 1 is 1.05 bits per heavy atom. The van der Waals surface area contributed by atoms with E-state index in [0.29, 0.717) is 11.8 Å². The molecule has 0 fully saturated rings. The number of rotatable bonds is 4. The van der Waals surface area contributed by atoms with Gasteiger partial charge in [0.1, 0.15) is 0 Å². The van der Waals surface area contributed by atoms with Crippen molar-refractivity contribution in [2.75, 3.05) is 0 Å². The zero-order chi connectivity index (χ0) is 15.4. The Bertz CT molecular complexity index is 626. The minimum Gasteiger partial charge on any atom is -0.255 e. The summed E-state index contributed by atoms with van der Waals surface area (Å²) in [5.74, 6) is 0.994. The average molecular weight is 280 g/mol. The third-order valence-electron chi connectivity index (χ3n) is 3.65. The van der Waals surface area contributed by atoms with Crippen LogP contribution in [0.2, 0.25) is 0 Å². The number of aliphatic imine (C=N–C) groups is 1. The van der Waals surface area contributed by atoms with E-state index in [2.05, 4.69) is 51.7 Å². The van der Waals surface area contributed by atoms with Crippen molar-refractivity contribution < 1.29 is 0 Å². The van der Waals surface area contributed by atoms with Crippen LogP contribution < -0.4 is 0 Å². The fourth-order valence-electron chi connectivity index (χ4n) is 2.37. The molecule has 0 amide bonds. The molecular weight excluding hydrogens is 256 g/mol. The molecule has 2 nitrogen and oxygen atoms in total. The molecular formula is C19H24N2. The molecule has 0 bridgehead atoms. The van der Waals surface area contributed by atoms with E-state index in [9.17, 15) is 0 Å². The Labute approximate surface area is 128 Å². The van der Waals surface area contributed by atoms with Crippen LogP contribution in [0.3, 0.4) is 0 Å². The molecule has 0 saturated heterocycles. The topological polar surface area (TPSA) is 25.2 Å². The predicted octanol–water partition coefficient (Wildman–Crippen LogP) is 5.39. The van der Waals surface area contributed by atoms with E-state index in [1.165, 1.54) is 16.7 Å². The van der Waals surface area contributed by atoms with Crippen LogP contribution in [0.1, 0.15) is 61.9 Å². The number of pyridine rings is 1. The summed E-state index contributed by atoms with van der Waals surface area (Å²) in [7, 11) is 0. The maximum absolute atomic E-state index is 4.71. The van der Waals surface area contributed by atoms with E-state index in [0.717, 1.165) is 11.4 Å². The van der Waals surface area contributed by atoms with Crippen molar-refractivity contribution in [3.05, 3.63) is 58.9 Å². The molecule has 0 radical (unpaired) electrons. The highest BCUT2D eigenvalue weighted by Gasteiger charge is 2.12. The number of aromatic nitrogens is 1. The average Bonchev–Trinajstić information content (AvgIpc) is 2.46. The van der Waals surface area contributed by atoms with Crippen molar-refractivity contribution in [2.24, 2.45) is 4.99 Å². The Hall–Kier alpha value is -1.96. The smallest absolute Gasteiger partial charge is 0.0812 e. The minimum atomic E-state index is 0.457. The van der Waals surface area contributed by atoms with Crippen LogP contribution in [0.4, 0.5) is 5.69 Å². The number of nitrogens with zero attached hydrogens (tertiary/aromatic N) is 2. The van der Waals surface area contributed by atoms with E-state index < -0.39 is 0 Å². The quantitative estimate of drug-likeness (QED) is 0.689. The van der Waals surface area contributed by atoms with Crippen LogP contribution in [-0.2, 0) is 0 Å². The summed E-state index contributed by atoms with van der Waals surface area (Å²) in [4.78, 5) is 9.00. The van der Waals surface area contributed by atoms with Gasteiger partial charge in [-0.2, -0.15) is 0 Å². The second-order valence-corrected chi connectivity index (χ2v) is 6.10. The molecule has 21 heavy (non-hydrogen) atoms. The normalized spacial score (nSPS) is 11.8. The summed E-state index contributed by atoms with van der Waals surface area (Å²) in [5.41, 5.74) is 5.90. The molecule has 0 spiro atoms. The lowest BCUT2D eigenvalue weighted by Gasteiger charge is -2.16. The van der Waals surface area contributed by atoms with Crippen molar-refractivity contribution >= 4 is 11.9 Å². The molecule has 0 unspecified atom stereocenters. The zero-order valence-electron chi connectivity index (χ0n) is 13.6. The van der Waals surface area contributed by atoms with Gasteiger partial charge >= 0.3 is 0 Å². The maximum Gasteiger partial charge on any atom is 0.0812 e. The van der Waals surface area contributed by atoms with Crippen molar-refractivity contribution in [1.82, 2.24) is 4.98 Å².